The van der Waals surface area contributed by atoms with E-state index in [1.165, 1.54) is 4.90 Å². The number of benzene rings is 1. The van der Waals surface area contributed by atoms with Crippen LogP contribution in [0.15, 0.2) is 28.7 Å². The van der Waals surface area contributed by atoms with Crippen molar-refractivity contribution in [3.8, 4) is 0 Å². The molecular formula is C9H9BrClNO. The summed E-state index contributed by atoms with van der Waals surface area (Å²) < 4.78 is 1.00. The third-order valence-corrected chi connectivity index (χ3v) is 2.39. The molecule has 2 nitrogen and oxygen atoms in total. The Balaban J connectivity index is 2.69. The van der Waals surface area contributed by atoms with Gasteiger partial charge in [0.1, 0.15) is 0 Å². The Morgan fingerprint density at radius 2 is 2.31 bits per heavy atom. The van der Waals surface area contributed by atoms with Crippen molar-refractivity contribution in [3.63, 3.8) is 0 Å². The molecule has 1 aromatic rings. The molecule has 0 bridgehead atoms. The second kappa shape index (κ2) is 4.63. The number of rotatable bonds is 2. The van der Waals surface area contributed by atoms with E-state index in [4.69, 9.17) is 11.6 Å². The number of carbonyl (C=O) groups excluding carboxylic acids is 1. The smallest absolute Gasteiger partial charge is 0.316 e. The van der Waals surface area contributed by atoms with E-state index in [2.05, 4.69) is 15.9 Å². The number of hydrogen-bond donors (Lipinski definition) is 0. The van der Waals surface area contributed by atoms with Crippen molar-refractivity contribution >= 4 is 32.9 Å². The van der Waals surface area contributed by atoms with Crippen molar-refractivity contribution in [3.05, 3.63) is 34.3 Å². The summed E-state index contributed by atoms with van der Waals surface area (Å²) in [5, 5.41) is -0.444. The molecule has 4 heteroatoms. The van der Waals surface area contributed by atoms with Gasteiger partial charge in [-0.2, -0.15) is 0 Å². The summed E-state index contributed by atoms with van der Waals surface area (Å²) in [6.07, 6.45) is 0. The van der Waals surface area contributed by atoms with Crippen molar-refractivity contribution in [2.45, 2.75) is 6.54 Å². The lowest BCUT2D eigenvalue weighted by molar-refractivity contribution is 0.230. The summed E-state index contributed by atoms with van der Waals surface area (Å²) >= 11 is 8.65. The zero-order valence-corrected chi connectivity index (χ0v) is 9.47. The average molecular weight is 263 g/mol. The molecule has 0 aliphatic carbocycles. The van der Waals surface area contributed by atoms with E-state index in [0.717, 1.165) is 10.0 Å². The Morgan fingerprint density at radius 3 is 2.85 bits per heavy atom. The summed E-state index contributed by atoms with van der Waals surface area (Å²) in [5.74, 6) is 0. The Kier molecular flexibility index (Phi) is 3.75. The minimum absolute atomic E-state index is 0.444. The molecule has 0 fully saturated rings. The number of hydrogen-bond acceptors (Lipinski definition) is 1. The highest BCUT2D eigenvalue weighted by Gasteiger charge is 2.04. The number of amides is 1. The molecule has 0 aliphatic rings. The molecule has 0 unspecified atom stereocenters. The number of carbonyl (C=O) groups is 1. The van der Waals surface area contributed by atoms with Crippen LogP contribution in [0.1, 0.15) is 5.56 Å². The predicted molar refractivity (Wildman–Crippen MR) is 56.9 cm³/mol. The van der Waals surface area contributed by atoms with Crippen molar-refractivity contribution in [2.24, 2.45) is 0 Å². The molecule has 1 amide bonds. The van der Waals surface area contributed by atoms with Crippen LogP contribution in [0.3, 0.4) is 0 Å². The van der Waals surface area contributed by atoms with Crippen molar-refractivity contribution in [1.29, 1.82) is 0 Å². The Bertz CT molecular complexity index is 316. The highest BCUT2D eigenvalue weighted by Crippen LogP contribution is 2.13. The minimum atomic E-state index is -0.444. The summed E-state index contributed by atoms with van der Waals surface area (Å²) in [6, 6.07) is 7.76. The van der Waals surface area contributed by atoms with Crippen LogP contribution in [0, 0.1) is 0 Å². The second-order valence-corrected chi connectivity index (χ2v) is 3.98. The van der Waals surface area contributed by atoms with Crippen LogP contribution in [-0.4, -0.2) is 17.3 Å². The molecule has 0 heterocycles. The van der Waals surface area contributed by atoms with Gasteiger partial charge in [-0.25, -0.2) is 0 Å². The Labute approximate surface area is 90.6 Å². The number of nitrogens with zero attached hydrogens (tertiary/aromatic N) is 1. The SMILES string of the molecule is CN(Cc1cccc(Br)c1)C(=O)Cl. The summed E-state index contributed by atoms with van der Waals surface area (Å²) in [5.41, 5.74) is 1.05. The summed E-state index contributed by atoms with van der Waals surface area (Å²) in [4.78, 5) is 12.2. The van der Waals surface area contributed by atoms with E-state index in [0.29, 0.717) is 6.54 Å². The molecule has 0 atom stereocenters. The maximum Gasteiger partial charge on any atom is 0.316 e. The van der Waals surface area contributed by atoms with Gasteiger partial charge >= 0.3 is 5.37 Å². The monoisotopic (exact) mass is 261 g/mol. The fourth-order valence-corrected chi connectivity index (χ4v) is 1.48. The van der Waals surface area contributed by atoms with Crippen LogP contribution in [0.25, 0.3) is 0 Å². The van der Waals surface area contributed by atoms with Crippen LogP contribution >= 0.6 is 27.5 Å². The zero-order valence-electron chi connectivity index (χ0n) is 7.13. The van der Waals surface area contributed by atoms with E-state index in [-0.39, 0.29) is 0 Å². The van der Waals surface area contributed by atoms with Crippen LogP contribution in [0.4, 0.5) is 4.79 Å². The van der Waals surface area contributed by atoms with Gasteiger partial charge in [-0.3, -0.25) is 4.79 Å². The van der Waals surface area contributed by atoms with Crippen LogP contribution < -0.4 is 0 Å². The lowest BCUT2D eigenvalue weighted by atomic mass is 10.2. The first-order chi connectivity index (χ1) is 6.09. The fraction of sp³-hybridized carbons (Fsp3) is 0.222. The van der Waals surface area contributed by atoms with Crippen LogP contribution in [-0.2, 0) is 6.54 Å². The minimum Gasteiger partial charge on any atom is -0.328 e. The first-order valence-corrected chi connectivity index (χ1v) is 4.92. The van der Waals surface area contributed by atoms with Crippen molar-refractivity contribution in [1.82, 2.24) is 4.90 Å². The highest BCUT2D eigenvalue weighted by atomic mass is 79.9. The van der Waals surface area contributed by atoms with Gasteiger partial charge in [0.05, 0.1) is 0 Å². The third kappa shape index (κ3) is 3.36. The third-order valence-electron chi connectivity index (χ3n) is 1.61. The van der Waals surface area contributed by atoms with E-state index in [1.54, 1.807) is 7.05 Å². The molecule has 0 aromatic heterocycles. The zero-order chi connectivity index (χ0) is 9.84. The first kappa shape index (κ1) is 10.5. The molecule has 13 heavy (non-hydrogen) atoms. The molecule has 1 rings (SSSR count). The fourth-order valence-electron chi connectivity index (χ4n) is 0.971. The van der Waals surface area contributed by atoms with Gasteiger partial charge in [0.15, 0.2) is 0 Å². The maximum absolute atomic E-state index is 10.7. The van der Waals surface area contributed by atoms with Crippen LogP contribution in [0.5, 0.6) is 0 Å². The van der Waals surface area contributed by atoms with Gasteiger partial charge in [0.25, 0.3) is 0 Å². The van der Waals surface area contributed by atoms with Gasteiger partial charge < -0.3 is 4.90 Å². The van der Waals surface area contributed by atoms with Crippen LogP contribution in [0.2, 0.25) is 0 Å². The highest BCUT2D eigenvalue weighted by molar-refractivity contribution is 9.10. The van der Waals surface area contributed by atoms with Crippen molar-refractivity contribution < 1.29 is 4.79 Å². The second-order valence-electron chi connectivity index (χ2n) is 2.74. The first-order valence-electron chi connectivity index (χ1n) is 3.74. The topological polar surface area (TPSA) is 20.3 Å². The van der Waals surface area contributed by atoms with Gasteiger partial charge in [-0.05, 0) is 29.3 Å². The summed E-state index contributed by atoms with van der Waals surface area (Å²) in [6.45, 7) is 0.530. The molecule has 0 spiro atoms. The lowest BCUT2D eigenvalue weighted by Gasteiger charge is -2.12. The normalized spacial score (nSPS) is 9.77. The largest absolute Gasteiger partial charge is 0.328 e. The average Bonchev–Trinajstić information content (AvgIpc) is 2.04. The molecule has 0 saturated heterocycles. The van der Waals surface area contributed by atoms with Gasteiger partial charge in [-0.15, -0.1) is 0 Å². The molecule has 70 valence electrons. The van der Waals surface area contributed by atoms with E-state index in [1.807, 2.05) is 24.3 Å². The predicted octanol–water partition coefficient (Wildman–Crippen LogP) is 3.24. The Hall–Kier alpha value is -0.540. The summed E-state index contributed by atoms with van der Waals surface area (Å²) in [7, 11) is 1.66. The number of halogens is 2. The van der Waals surface area contributed by atoms with E-state index in [9.17, 15) is 4.79 Å². The molecule has 0 N–H and O–H groups in total. The Morgan fingerprint density at radius 1 is 1.62 bits per heavy atom. The van der Waals surface area contributed by atoms with Gasteiger partial charge in [0, 0.05) is 18.1 Å². The lowest BCUT2D eigenvalue weighted by Crippen LogP contribution is -2.19. The molecule has 1 aromatic carbocycles. The van der Waals surface area contributed by atoms with Gasteiger partial charge in [-0.1, -0.05) is 28.1 Å². The standard InChI is InChI=1S/C9H9BrClNO/c1-12(9(11)13)6-7-3-2-4-8(10)5-7/h2-5H,6H2,1H3. The van der Waals surface area contributed by atoms with Gasteiger partial charge in [0.2, 0.25) is 0 Å². The molecule has 0 radical (unpaired) electrons. The quantitative estimate of drug-likeness (QED) is 0.592. The van der Waals surface area contributed by atoms with E-state index >= 15 is 0 Å². The molecule has 0 aliphatic heterocycles. The maximum atomic E-state index is 10.7. The van der Waals surface area contributed by atoms with Crippen molar-refractivity contribution in [2.75, 3.05) is 7.05 Å². The molecule has 0 saturated carbocycles. The molecular weight excluding hydrogens is 253 g/mol. The van der Waals surface area contributed by atoms with E-state index < -0.39 is 5.37 Å².